The highest BCUT2D eigenvalue weighted by Gasteiger charge is 2.24. The van der Waals surface area contributed by atoms with Gasteiger partial charge in [0.1, 0.15) is 0 Å². The van der Waals surface area contributed by atoms with Crippen molar-refractivity contribution in [2.75, 3.05) is 18.4 Å². The van der Waals surface area contributed by atoms with Crippen LogP contribution in [0.25, 0.3) is 0 Å². The molecule has 0 saturated carbocycles. The van der Waals surface area contributed by atoms with E-state index in [9.17, 15) is 9.59 Å². The lowest BCUT2D eigenvalue weighted by Gasteiger charge is -2.31. The van der Waals surface area contributed by atoms with Crippen LogP contribution in [0.4, 0.5) is 5.69 Å². The molecule has 2 aromatic rings. The first-order valence-electron chi connectivity index (χ1n) is 8.81. The summed E-state index contributed by atoms with van der Waals surface area (Å²) in [5.41, 5.74) is 2.80. The number of piperidine rings is 1. The van der Waals surface area contributed by atoms with Crippen LogP contribution in [-0.2, 0) is 0 Å². The number of benzene rings is 2. The van der Waals surface area contributed by atoms with Crippen molar-refractivity contribution in [3.8, 4) is 0 Å². The van der Waals surface area contributed by atoms with Crippen LogP contribution in [0.5, 0.6) is 0 Å². The first-order chi connectivity index (χ1) is 12.0. The monoisotopic (exact) mass is 336 g/mol. The Balaban J connectivity index is 1.79. The summed E-state index contributed by atoms with van der Waals surface area (Å²) in [7, 11) is 0. The van der Waals surface area contributed by atoms with Crippen LogP contribution < -0.4 is 5.32 Å². The number of rotatable bonds is 3. The molecule has 1 saturated heterocycles. The van der Waals surface area contributed by atoms with Crippen molar-refractivity contribution in [3.63, 3.8) is 0 Å². The first kappa shape index (κ1) is 17.2. The Morgan fingerprint density at radius 1 is 1.08 bits per heavy atom. The van der Waals surface area contributed by atoms with Gasteiger partial charge in [-0.05, 0) is 49.9 Å². The molecule has 25 heavy (non-hydrogen) atoms. The number of hydrogen-bond donors (Lipinski definition) is 1. The predicted octanol–water partition coefficient (Wildman–Crippen LogP) is 4.12. The third-order valence-corrected chi connectivity index (χ3v) is 4.66. The second kappa shape index (κ2) is 7.51. The van der Waals surface area contributed by atoms with Crippen LogP contribution in [0, 0.1) is 12.8 Å². The van der Waals surface area contributed by atoms with Gasteiger partial charge in [0.2, 0.25) is 0 Å². The molecule has 2 amide bonds. The van der Waals surface area contributed by atoms with Gasteiger partial charge in [0.05, 0.1) is 11.3 Å². The van der Waals surface area contributed by atoms with Crippen molar-refractivity contribution in [1.82, 2.24) is 4.90 Å². The van der Waals surface area contributed by atoms with Crippen molar-refractivity contribution in [1.29, 1.82) is 0 Å². The molecule has 1 aliphatic heterocycles. The summed E-state index contributed by atoms with van der Waals surface area (Å²) < 4.78 is 0. The lowest BCUT2D eigenvalue weighted by Crippen LogP contribution is -2.39. The average Bonchev–Trinajstić information content (AvgIpc) is 2.62. The molecular formula is C21H24N2O2. The zero-order valence-electron chi connectivity index (χ0n) is 14.8. The number of nitrogens with zero attached hydrogens (tertiary/aromatic N) is 1. The Bertz CT molecular complexity index is 768. The Kier molecular flexibility index (Phi) is 5.17. The Morgan fingerprint density at radius 3 is 2.52 bits per heavy atom. The molecule has 3 rings (SSSR count). The molecule has 0 aromatic heterocycles. The maximum Gasteiger partial charge on any atom is 0.255 e. The van der Waals surface area contributed by atoms with Gasteiger partial charge in [0.15, 0.2) is 0 Å². The standard InChI is InChI=1S/C21H24N2O2/c1-15-9-11-17(12-10-15)20(24)22-19-8-4-3-7-18(19)21(25)23-13-5-6-16(2)14-23/h3-4,7-12,16H,5-6,13-14H2,1-2H3,(H,22,24). The molecule has 1 heterocycles. The van der Waals surface area contributed by atoms with Crippen molar-refractivity contribution < 1.29 is 9.59 Å². The summed E-state index contributed by atoms with van der Waals surface area (Å²) in [6.07, 6.45) is 2.19. The summed E-state index contributed by atoms with van der Waals surface area (Å²) in [6.45, 7) is 5.71. The van der Waals surface area contributed by atoms with E-state index >= 15 is 0 Å². The van der Waals surface area contributed by atoms with E-state index in [2.05, 4.69) is 12.2 Å². The number of likely N-dealkylation sites (tertiary alicyclic amines) is 1. The molecule has 1 fully saturated rings. The average molecular weight is 336 g/mol. The molecule has 0 radical (unpaired) electrons. The maximum atomic E-state index is 12.9. The molecule has 0 bridgehead atoms. The van der Waals surface area contributed by atoms with Gasteiger partial charge in [-0.2, -0.15) is 0 Å². The van der Waals surface area contributed by atoms with E-state index in [0.29, 0.717) is 22.7 Å². The summed E-state index contributed by atoms with van der Waals surface area (Å²) >= 11 is 0. The number of carbonyl (C=O) groups is 2. The molecule has 2 aromatic carbocycles. The van der Waals surface area contributed by atoms with Gasteiger partial charge in [-0.3, -0.25) is 9.59 Å². The number of nitrogens with one attached hydrogen (secondary N) is 1. The van der Waals surface area contributed by atoms with Crippen molar-refractivity contribution in [3.05, 3.63) is 65.2 Å². The molecule has 130 valence electrons. The molecule has 0 spiro atoms. The molecule has 1 aliphatic rings. The predicted molar refractivity (Wildman–Crippen MR) is 99.9 cm³/mol. The minimum absolute atomic E-state index is 0.00800. The lowest BCUT2D eigenvalue weighted by atomic mass is 9.99. The van der Waals surface area contributed by atoms with Gasteiger partial charge >= 0.3 is 0 Å². The van der Waals surface area contributed by atoms with Gasteiger partial charge in [-0.1, -0.05) is 36.8 Å². The number of anilines is 1. The van der Waals surface area contributed by atoms with E-state index in [1.54, 1.807) is 24.3 Å². The highest BCUT2D eigenvalue weighted by atomic mass is 16.2. The van der Waals surface area contributed by atoms with E-state index < -0.39 is 0 Å². The fourth-order valence-corrected chi connectivity index (χ4v) is 3.22. The van der Waals surface area contributed by atoms with Crippen LogP contribution in [0.15, 0.2) is 48.5 Å². The topological polar surface area (TPSA) is 49.4 Å². The van der Waals surface area contributed by atoms with E-state index in [1.165, 1.54) is 0 Å². The number of para-hydroxylation sites is 1. The maximum absolute atomic E-state index is 12.9. The molecule has 4 nitrogen and oxygen atoms in total. The first-order valence-corrected chi connectivity index (χ1v) is 8.81. The van der Waals surface area contributed by atoms with Gasteiger partial charge < -0.3 is 10.2 Å². The zero-order chi connectivity index (χ0) is 17.8. The fraction of sp³-hybridized carbons (Fsp3) is 0.333. The van der Waals surface area contributed by atoms with Crippen molar-refractivity contribution >= 4 is 17.5 Å². The van der Waals surface area contributed by atoms with E-state index in [0.717, 1.165) is 31.5 Å². The molecular weight excluding hydrogens is 312 g/mol. The number of hydrogen-bond acceptors (Lipinski definition) is 2. The molecule has 1 N–H and O–H groups in total. The number of amides is 2. The normalized spacial score (nSPS) is 17.2. The van der Waals surface area contributed by atoms with Gasteiger partial charge in [-0.25, -0.2) is 0 Å². The van der Waals surface area contributed by atoms with Crippen LogP contribution in [-0.4, -0.2) is 29.8 Å². The lowest BCUT2D eigenvalue weighted by molar-refractivity contribution is 0.0684. The van der Waals surface area contributed by atoms with Gasteiger partial charge in [-0.15, -0.1) is 0 Å². The Morgan fingerprint density at radius 2 is 1.80 bits per heavy atom. The largest absolute Gasteiger partial charge is 0.338 e. The van der Waals surface area contributed by atoms with E-state index in [-0.39, 0.29) is 11.8 Å². The van der Waals surface area contributed by atoms with Crippen LogP contribution in [0.2, 0.25) is 0 Å². The fourth-order valence-electron chi connectivity index (χ4n) is 3.22. The zero-order valence-corrected chi connectivity index (χ0v) is 14.8. The highest BCUT2D eigenvalue weighted by Crippen LogP contribution is 2.22. The van der Waals surface area contributed by atoms with E-state index in [1.807, 2.05) is 36.1 Å². The third kappa shape index (κ3) is 4.08. The summed E-state index contributed by atoms with van der Waals surface area (Å²) in [5.74, 6) is 0.311. The van der Waals surface area contributed by atoms with Crippen LogP contribution in [0.1, 0.15) is 46.0 Å². The summed E-state index contributed by atoms with van der Waals surface area (Å²) in [5, 5.41) is 2.89. The van der Waals surface area contributed by atoms with Crippen LogP contribution >= 0.6 is 0 Å². The Hall–Kier alpha value is -2.62. The molecule has 4 heteroatoms. The molecule has 1 unspecified atom stereocenters. The van der Waals surface area contributed by atoms with Crippen molar-refractivity contribution in [2.24, 2.45) is 5.92 Å². The summed E-state index contributed by atoms with van der Waals surface area (Å²) in [6, 6.07) is 14.6. The number of aryl methyl sites for hydroxylation is 1. The molecule has 0 aliphatic carbocycles. The van der Waals surface area contributed by atoms with E-state index in [4.69, 9.17) is 0 Å². The summed E-state index contributed by atoms with van der Waals surface area (Å²) in [4.78, 5) is 27.3. The second-order valence-electron chi connectivity index (χ2n) is 6.86. The number of carbonyl (C=O) groups excluding carboxylic acids is 2. The minimum atomic E-state index is -0.202. The van der Waals surface area contributed by atoms with Gasteiger partial charge in [0.25, 0.3) is 11.8 Å². The second-order valence-corrected chi connectivity index (χ2v) is 6.86. The molecule has 1 atom stereocenters. The van der Waals surface area contributed by atoms with Crippen LogP contribution in [0.3, 0.4) is 0 Å². The third-order valence-electron chi connectivity index (χ3n) is 4.66. The quantitative estimate of drug-likeness (QED) is 0.916. The highest BCUT2D eigenvalue weighted by molar-refractivity contribution is 6.09. The smallest absolute Gasteiger partial charge is 0.255 e. The van der Waals surface area contributed by atoms with Crippen molar-refractivity contribution in [2.45, 2.75) is 26.7 Å². The van der Waals surface area contributed by atoms with Gasteiger partial charge in [0, 0.05) is 18.7 Å². The Labute approximate surface area is 148 Å². The minimum Gasteiger partial charge on any atom is -0.338 e. The SMILES string of the molecule is Cc1ccc(C(=O)Nc2ccccc2C(=O)N2CCCC(C)C2)cc1.